The molecule has 2 N–H and O–H groups in total. The van der Waals surface area contributed by atoms with Crippen LogP contribution in [0.3, 0.4) is 0 Å². The highest BCUT2D eigenvalue weighted by Gasteiger charge is 2.31. The summed E-state index contributed by atoms with van der Waals surface area (Å²) in [5.74, 6) is 0. The van der Waals surface area contributed by atoms with Crippen LogP contribution in [-0.2, 0) is 0 Å². The van der Waals surface area contributed by atoms with Crippen LogP contribution in [0.4, 0.5) is 24.5 Å². The number of benzene rings is 1. The molecular weight excluding hydrogens is 275 g/mol. The molecule has 0 saturated carbocycles. The van der Waals surface area contributed by atoms with Crippen LogP contribution < -0.4 is 10.6 Å². The minimum atomic E-state index is -4.25. The molecule has 7 heteroatoms. The molecule has 0 atom stereocenters. The Kier molecular flexibility index (Phi) is 3.84. The van der Waals surface area contributed by atoms with Gasteiger partial charge in [-0.3, -0.25) is 0 Å². The van der Waals surface area contributed by atoms with E-state index in [1.54, 1.807) is 17.6 Å². The summed E-state index contributed by atoms with van der Waals surface area (Å²) in [6.07, 6.45) is -3.64. The second-order valence-electron chi connectivity index (χ2n) is 4.23. The van der Waals surface area contributed by atoms with Gasteiger partial charge in [-0.1, -0.05) is 6.92 Å². The van der Waals surface area contributed by atoms with Crippen molar-refractivity contribution in [2.24, 2.45) is 0 Å². The Morgan fingerprint density at radius 2 is 2.11 bits per heavy atom. The third-order valence-electron chi connectivity index (χ3n) is 2.72. The molecule has 0 bridgehead atoms. The minimum absolute atomic E-state index is 0.305. The molecule has 2 aromatic rings. The number of fused-ring (bicyclic) bond motifs is 1. The van der Waals surface area contributed by atoms with Crippen LogP contribution in [0, 0.1) is 0 Å². The van der Waals surface area contributed by atoms with Crippen LogP contribution in [0.5, 0.6) is 0 Å². The van der Waals surface area contributed by atoms with Gasteiger partial charge in [0.05, 0.1) is 21.6 Å². The third-order valence-corrected chi connectivity index (χ3v) is 3.52. The lowest BCUT2D eigenvalue weighted by atomic mass is 10.2. The Morgan fingerprint density at radius 1 is 1.37 bits per heavy atom. The second kappa shape index (κ2) is 5.24. The van der Waals surface area contributed by atoms with Gasteiger partial charge in [0.1, 0.15) is 12.1 Å². The predicted molar refractivity (Wildman–Crippen MR) is 72.6 cm³/mol. The van der Waals surface area contributed by atoms with Gasteiger partial charge in [-0.05, 0) is 18.6 Å². The summed E-state index contributed by atoms with van der Waals surface area (Å²) in [5.41, 5.74) is 8.88. The number of anilines is 2. The van der Waals surface area contributed by atoms with E-state index in [2.05, 4.69) is 4.98 Å². The number of rotatable bonds is 4. The molecule has 1 aromatic heterocycles. The van der Waals surface area contributed by atoms with Crippen molar-refractivity contribution < 1.29 is 13.2 Å². The first-order valence-electron chi connectivity index (χ1n) is 5.85. The average molecular weight is 289 g/mol. The molecule has 0 fully saturated rings. The second-order valence-corrected chi connectivity index (χ2v) is 5.12. The molecule has 0 spiro atoms. The number of thiazole rings is 1. The smallest absolute Gasteiger partial charge is 0.395 e. The third kappa shape index (κ3) is 3.09. The van der Waals surface area contributed by atoms with Crippen molar-refractivity contribution in [3.05, 3.63) is 17.6 Å². The molecule has 104 valence electrons. The Bertz CT molecular complexity index is 565. The molecule has 0 saturated heterocycles. The zero-order valence-corrected chi connectivity index (χ0v) is 11.2. The number of hydrogen-bond donors (Lipinski definition) is 1. The predicted octanol–water partition coefficient (Wildman–Crippen LogP) is 3.66. The lowest BCUT2D eigenvalue weighted by molar-refractivity contribution is -0.119. The maximum atomic E-state index is 12.6. The standard InChI is InChI=1S/C12H14F3N3S/c1-2-5-18(6-12(13,14)15)8-3-4-9-11(10(8)16)17-7-19-9/h3-4,7H,2,5-6,16H2,1H3. The number of nitrogens with two attached hydrogens (primary N) is 1. The van der Waals surface area contributed by atoms with E-state index in [0.717, 1.165) is 4.70 Å². The zero-order valence-electron chi connectivity index (χ0n) is 10.4. The SMILES string of the molecule is CCCN(CC(F)(F)F)c1ccc2scnc2c1N. The van der Waals surface area contributed by atoms with Crippen LogP contribution in [0.15, 0.2) is 17.6 Å². The van der Waals surface area contributed by atoms with E-state index in [1.165, 1.54) is 16.2 Å². The van der Waals surface area contributed by atoms with E-state index in [9.17, 15) is 13.2 Å². The molecule has 0 amide bonds. The molecule has 1 heterocycles. The monoisotopic (exact) mass is 289 g/mol. The van der Waals surface area contributed by atoms with E-state index in [4.69, 9.17) is 5.73 Å². The Morgan fingerprint density at radius 3 is 2.74 bits per heavy atom. The van der Waals surface area contributed by atoms with Gasteiger partial charge < -0.3 is 10.6 Å². The fraction of sp³-hybridized carbons (Fsp3) is 0.417. The first-order valence-corrected chi connectivity index (χ1v) is 6.73. The van der Waals surface area contributed by atoms with Crippen molar-refractivity contribution in [3.63, 3.8) is 0 Å². The van der Waals surface area contributed by atoms with Crippen molar-refractivity contribution in [1.82, 2.24) is 4.98 Å². The molecule has 1 aromatic carbocycles. The summed E-state index contributed by atoms with van der Waals surface area (Å²) >= 11 is 1.42. The zero-order chi connectivity index (χ0) is 14.0. The highest BCUT2D eigenvalue weighted by molar-refractivity contribution is 7.16. The van der Waals surface area contributed by atoms with Crippen LogP contribution in [0.1, 0.15) is 13.3 Å². The molecule has 3 nitrogen and oxygen atoms in total. The molecule has 0 aliphatic rings. The van der Waals surface area contributed by atoms with E-state index in [-0.39, 0.29) is 0 Å². The molecular formula is C12H14F3N3S. The van der Waals surface area contributed by atoms with E-state index in [0.29, 0.717) is 29.9 Å². The van der Waals surface area contributed by atoms with Gasteiger partial charge in [0, 0.05) is 6.54 Å². The van der Waals surface area contributed by atoms with Gasteiger partial charge >= 0.3 is 6.18 Å². The van der Waals surface area contributed by atoms with Gasteiger partial charge in [0.15, 0.2) is 0 Å². The summed E-state index contributed by atoms with van der Waals surface area (Å²) in [7, 11) is 0. The van der Waals surface area contributed by atoms with E-state index < -0.39 is 12.7 Å². The van der Waals surface area contributed by atoms with Crippen molar-refractivity contribution in [3.8, 4) is 0 Å². The molecule has 0 unspecified atom stereocenters. The maximum Gasteiger partial charge on any atom is 0.405 e. The lowest BCUT2D eigenvalue weighted by Crippen LogP contribution is -2.35. The number of halogens is 3. The van der Waals surface area contributed by atoms with Gasteiger partial charge in [-0.25, -0.2) is 4.98 Å². The van der Waals surface area contributed by atoms with Crippen LogP contribution >= 0.6 is 11.3 Å². The molecule has 0 radical (unpaired) electrons. The number of aromatic nitrogens is 1. The quantitative estimate of drug-likeness (QED) is 0.873. The van der Waals surface area contributed by atoms with E-state index >= 15 is 0 Å². The number of nitrogen functional groups attached to an aromatic ring is 1. The van der Waals surface area contributed by atoms with Crippen molar-refractivity contribution >= 4 is 32.9 Å². The summed E-state index contributed by atoms with van der Waals surface area (Å²) < 4.78 is 38.7. The normalized spacial score (nSPS) is 12.0. The van der Waals surface area contributed by atoms with Crippen LogP contribution in [0.25, 0.3) is 10.2 Å². The van der Waals surface area contributed by atoms with Crippen molar-refractivity contribution in [2.45, 2.75) is 19.5 Å². The van der Waals surface area contributed by atoms with Crippen LogP contribution in [0.2, 0.25) is 0 Å². The van der Waals surface area contributed by atoms with Crippen molar-refractivity contribution in [2.75, 3.05) is 23.7 Å². The number of hydrogen-bond acceptors (Lipinski definition) is 4. The fourth-order valence-electron chi connectivity index (χ4n) is 1.99. The summed E-state index contributed by atoms with van der Waals surface area (Å²) in [6.45, 7) is 1.14. The fourth-order valence-corrected chi connectivity index (χ4v) is 2.68. The Hall–Kier alpha value is -1.50. The first kappa shape index (κ1) is 13.9. The number of alkyl halides is 3. The summed E-state index contributed by atoms with van der Waals surface area (Å²) in [4.78, 5) is 5.36. The van der Waals surface area contributed by atoms with Crippen LogP contribution in [-0.4, -0.2) is 24.2 Å². The van der Waals surface area contributed by atoms with Gasteiger partial charge in [-0.2, -0.15) is 13.2 Å². The molecule has 2 rings (SSSR count). The molecule has 0 aliphatic heterocycles. The van der Waals surface area contributed by atoms with E-state index in [1.807, 2.05) is 6.92 Å². The molecule has 0 aliphatic carbocycles. The Labute approximate surface area is 112 Å². The van der Waals surface area contributed by atoms with Gasteiger partial charge in [-0.15, -0.1) is 11.3 Å². The van der Waals surface area contributed by atoms with Gasteiger partial charge in [0.2, 0.25) is 0 Å². The Balaban J connectivity index is 2.40. The number of nitrogens with zero attached hydrogens (tertiary/aromatic N) is 2. The highest BCUT2D eigenvalue weighted by Crippen LogP contribution is 2.34. The first-order chi connectivity index (χ1) is 8.92. The average Bonchev–Trinajstić information content (AvgIpc) is 2.76. The minimum Gasteiger partial charge on any atom is -0.395 e. The van der Waals surface area contributed by atoms with Gasteiger partial charge in [0.25, 0.3) is 0 Å². The molecule has 19 heavy (non-hydrogen) atoms. The summed E-state index contributed by atoms with van der Waals surface area (Å²) in [5, 5.41) is 0. The summed E-state index contributed by atoms with van der Waals surface area (Å²) in [6, 6.07) is 3.40. The maximum absolute atomic E-state index is 12.6. The van der Waals surface area contributed by atoms with Crippen molar-refractivity contribution in [1.29, 1.82) is 0 Å². The lowest BCUT2D eigenvalue weighted by Gasteiger charge is -2.26. The highest BCUT2D eigenvalue weighted by atomic mass is 32.1. The topological polar surface area (TPSA) is 42.2 Å². The largest absolute Gasteiger partial charge is 0.405 e.